The van der Waals surface area contributed by atoms with Crippen molar-refractivity contribution in [2.24, 2.45) is 5.92 Å². The van der Waals surface area contributed by atoms with Crippen LogP contribution in [0.2, 0.25) is 0 Å². The molecule has 0 aromatic heterocycles. The molecule has 1 saturated heterocycles. The van der Waals surface area contributed by atoms with Gasteiger partial charge in [0.05, 0.1) is 12.5 Å². The summed E-state index contributed by atoms with van der Waals surface area (Å²) in [6.07, 6.45) is 1.10. The molecule has 0 spiro atoms. The lowest BCUT2D eigenvalue weighted by Crippen LogP contribution is -2.42. The van der Waals surface area contributed by atoms with Crippen molar-refractivity contribution in [1.29, 1.82) is 0 Å². The Hall–Kier alpha value is -3.35. The molecule has 3 rings (SSSR count). The Labute approximate surface area is 182 Å². The van der Waals surface area contributed by atoms with Gasteiger partial charge in [-0.3, -0.25) is 9.59 Å². The van der Waals surface area contributed by atoms with E-state index in [-0.39, 0.29) is 30.3 Å². The second-order valence-electron chi connectivity index (χ2n) is 7.48. The van der Waals surface area contributed by atoms with Gasteiger partial charge in [-0.25, -0.2) is 4.79 Å². The van der Waals surface area contributed by atoms with Gasteiger partial charge in [-0.2, -0.15) is 0 Å². The number of ether oxygens (including phenoxy) is 2. The normalized spacial score (nSPS) is 14.1. The van der Waals surface area contributed by atoms with Crippen LogP contribution in [0.5, 0.6) is 5.75 Å². The Bertz CT molecular complexity index is 921. The summed E-state index contributed by atoms with van der Waals surface area (Å²) in [6, 6.07) is 14.3. The predicted octanol–water partition coefficient (Wildman–Crippen LogP) is 4.28. The van der Waals surface area contributed by atoms with Crippen LogP contribution in [0.1, 0.15) is 42.6 Å². The highest BCUT2D eigenvalue weighted by atomic mass is 16.5. The van der Waals surface area contributed by atoms with Gasteiger partial charge in [0.1, 0.15) is 12.4 Å². The number of rotatable bonds is 7. The summed E-state index contributed by atoms with van der Waals surface area (Å²) >= 11 is 0. The van der Waals surface area contributed by atoms with Gasteiger partial charge < -0.3 is 19.7 Å². The van der Waals surface area contributed by atoms with Crippen LogP contribution in [0, 0.1) is 5.92 Å². The van der Waals surface area contributed by atoms with Crippen molar-refractivity contribution in [3.05, 3.63) is 59.7 Å². The fourth-order valence-corrected chi connectivity index (χ4v) is 3.52. The molecular weight excluding hydrogens is 396 g/mol. The maximum atomic E-state index is 12.6. The lowest BCUT2D eigenvalue weighted by atomic mass is 9.97. The molecule has 0 atom stereocenters. The van der Waals surface area contributed by atoms with Gasteiger partial charge in [-0.1, -0.05) is 18.2 Å². The minimum absolute atomic E-state index is 0.0456. The molecule has 7 heteroatoms. The molecule has 2 aromatic rings. The molecule has 1 aliphatic rings. The fourth-order valence-electron chi connectivity index (χ4n) is 3.52. The van der Waals surface area contributed by atoms with Crippen molar-refractivity contribution in [3.8, 4) is 5.75 Å². The van der Waals surface area contributed by atoms with Crippen LogP contribution in [-0.2, 0) is 16.1 Å². The molecule has 0 radical (unpaired) electrons. The Balaban J connectivity index is 1.52. The number of nitrogens with one attached hydrogen (secondary N) is 1. The van der Waals surface area contributed by atoms with Gasteiger partial charge in [0.25, 0.3) is 0 Å². The molecular formula is C24H28N2O5. The Morgan fingerprint density at radius 2 is 1.77 bits per heavy atom. The van der Waals surface area contributed by atoms with Crippen LogP contribution in [0.4, 0.5) is 10.5 Å². The van der Waals surface area contributed by atoms with Crippen molar-refractivity contribution in [3.63, 3.8) is 0 Å². The number of likely N-dealkylation sites (tertiary alicyclic amines) is 1. The lowest BCUT2D eigenvalue weighted by Gasteiger charge is -2.31. The number of para-hydroxylation sites is 1. The Morgan fingerprint density at radius 3 is 2.42 bits per heavy atom. The van der Waals surface area contributed by atoms with Crippen LogP contribution >= 0.6 is 0 Å². The predicted molar refractivity (Wildman–Crippen MR) is 117 cm³/mol. The summed E-state index contributed by atoms with van der Waals surface area (Å²) in [6.45, 7) is 4.86. The Morgan fingerprint density at radius 1 is 1.06 bits per heavy atom. The number of anilines is 1. The minimum Gasteiger partial charge on any atom is -0.493 e. The van der Waals surface area contributed by atoms with E-state index >= 15 is 0 Å². The molecule has 31 heavy (non-hydrogen) atoms. The van der Waals surface area contributed by atoms with Gasteiger partial charge in [-0.15, -0.1) is 0 Å². The molecule has 0 saturated carbocycles. The van der Waals surface area contributed by atoms with E-state index in [4.69, 9.17) is 9.47 Å². The van der Waals surface area contributed by atoms with E-state index in [2.05, 4.69) is 5.32 Å². The molecule has 2 aromatic carbocycles. The number of Topliss-reactive ketones (excluding diaryl/α,β-unsaturated/α-hetero) is 1. The molecule has 1 fully saturated rings. The molecule has 1 aliphatic heterocycles. The second kappa shape index (κ2) is 10.6. The smallest absolute Gasteiger partial charge is 0.321 e. The average molecular weight is 424 g/mol. The number of esters is 1. The topological polar surface area (TPSA) is 84.9 Å². The highest BCUT2D eigenvalue weighted by Gasteiger charge is 2.28. The third kappa shape index (κ3) is 6.07. The third-order valence-electron chi connectivity index (χ3n) is 5.28. The number of nitrogens with zero attached hydrogens (tertiary/aromatic N) is 1. The van der Waals surface area contributed by atoms with Crippen LogP contribution < -0.4 is 10.1 Å². The third-order valence-corrected chi connectivity index (χ3v) is 5.28. The molecule has 1 N–H and O–H groups in total. The number of hydrogen-bond acceptors (Lipinski definition) is 5. The molecule has 7 nitrogen and oxygen atoms in total. The highest BCUT2D eigenvalue weighted by molar-refractivity contribution is 5.94. The lowest BCUT2D eigenvalue weighted by molar-refractivity contribution is -0.151. The molecule has 1 heterocycles. The molecule has 0 unspecified atom stereocenters. The fraction of sp³-hybridized carbons (Fsp3) is 0.375. The van der Waals surface area contributed by atoms with Crippen LogP contribution in [0.3, 0.4) is 0 Å². The number of benzene rings is 2. The number of urea groups is 1. The van der Waals surface area contributed by atoms with Crippen LogP contribution in [-0.4, -0.2) is 42.4 Å². The maximum Gasteiger partial charge on any atom is 0.321 e. The van der Waals surface area contributed by atoms with E-state index in [1.165, 1.54) is 6.92 Å². The molecule has 164 valence electrons. The van der Waals surface area contributed by atoms with E-state index in [0.717, 1.165) is 5.69 Å². The number of ketones is 1. The number of amides is 2. The van der Waals surface area contributed by atoms with Crippen molar-refractivity contribution in [2.45, 2.75) is 33.3 Å². The minimum atomic E-state index is -0.293. The van der Waals surface area contributed by atoms with E-state index in [1.54, 1.807) is 23.1 Å². The van der Waals surface area contributed by atoms with E-state index in [1.807, 2.05) is 37.3 Å². The zero-order valence-corrected chi connectivity index (χ0v) is 17.9. The van der Waals surface area contributed by atoms with Crippen molar-refractivity contribution < 1.29 is 23.9 Å². The zero-order chi connectivity index (χ0) is 22.2. The van der Waals surface area contributed by atoms with Gasteiger partial charge in [0.15, 0.2) is 5.78 Å². The van der Waals surface area contributed by atoms with Crippen LogP contribution in [0.15, 0.2) is 48.5 Å². The van der Waals surface area contributed by atoms with Gasteiger partial charge in [0.2, 0.25) is 0 Å². The highest BCUT2D eigenvalue weighted by Crippen LogP contribution is 2.24. The van der Waals surface area contributed by atoms with Gasteiger partial charge >= 0.3 is 12.0 Å². The van der Waals surface area contributed by atoms with Crippen molar-refractivity contribution in [1.82, 2.24) is 4.90 Å². The monoisotopic (exact) mass is 424 g/mol. The Kier molecular flexibility index (Phi) is 7.65. The summed E-state index contributed by atoms with van der Waals surface area (Å²) in [5.74, 6) is -0.00409. The summed E-state index contributed by atoms with van der Waals surface area (Å²) in [4.78, 5) is 38.4. The number of carbonyl (C=O) groups excluding carboxylic acids is 3. The van der Waals surface area contributed by atoms with Crippen LogP contribution in [0.25, 0.3) is 0 Å². The number of carbonyl (C=O) groups is 3. The SMILES string of the molecule is CCOc1ccc(C(C)=O)cc1COC(=O)C1CCN(C(=O)Nc2ccccc2)CC1. The number of hydrogen-bond donors (Lipinski definition) is 1. The molecule has 0 bridgehead atoms. The summed E-state index contributed by atoms with van der Waals surface area (Å²) in [5, 5.41) is 2.86. The standard InChI is InChI=1S/C24H28N2O5/c1-3-30-22-10-9-19(17(2)27)15-20(22)16-31-23(28)18-11-13-26(14-12-18)24(29)25-21-7-5-4-6-8-21/h4-10,15,18H,3,11-14,16H2,1-2H3,(H,25,29). The van der Waals surface area contributed by atoms with Gasteiger partial charge in [-0.05, 0) is 57.0 Å². The van der Waals surface area contributed by atoms with E-state index in [9.17, 15) is 14.4 Å². The van der Waals surface area contributed by atoms with E-state index in [0.29, 0.717) is 49.4 Å². The summed E-state index contributed by atoms with van der Waals surface area (Å²) in [7, 11) is 0. The zero-order valence-electron chi connectivity index (χ0n) is 17.9. The quantitative estimate of drug-likeness (QED) is 0.530. The summed E-state index contributed by atoms with van der Waals surface area (Å²) in [5.41, 5.74) is 1.96. The van der Waals surface area contributed by atoms with Crippen molar-refractivity contribution >= 4 is 23.5 Å². The van der Waals surface area contributed by atoms with Crippen molar-refractivity contribution in [2.75, 3.05) is 25.0 Å². The first kappa shape index (κ1) is 22.3. The number of piperidine rings is 1. The first-order chi connectivity index (χ1) is 15.0. The second-order valence-corrected chi connectivity index (χ2v) is 7.48. The largest absolute Gasteiger partial charge is 0.493 e. The average Bonchev–Trinajstić information content (AvgIpc) is 2.79. The molecule has 0 aliphatic carbocycles. The van der Waals surface area contributed by atoms with Gasteiger partial charge in [0, 0.05) is 29.9 Å². The summed E-state index contributed by atoms with van der Waals surface area (Å²) < 4.78 is 11.1. The first-order valence-corrected chi connectivity index (χ1v) is 10.5. The van der Waals surface area contributed by atoms with E-state index < -0.39 is 0 Å². The maximum absolute atomic E-state index is 12.6. The first-order valence-electron chi connectivity index (χ1n) is 10.5. The molecule has 2 amide bonds.